The Morgan fingerprint density at radius 2 is 2.00 bits per heavy atom. The van der Waals surface area contributed by atoms with E-state index < -0.39 is 0 Å². The van der Waals surface area contributed by atoms with Gasteiger partial charge in [0.05, 0.1) is 11.4 Å². The van der Waals surface area contributed by atoms with E-state index in [2.05, 4.69) is 62.9 Å². The molecule has 2 aromatic heterocycles. The molecule has 0 saturated carbocycles. The summed E-state index contributed by atoms with van der Waals surface area (Å²) in [5, 5.41) is 14.4. The van der Waals surface area contributed by atoms with Gasteiger partial charge in [-0.25, -0.2) is 0 Å². The Morgan fingerprint density at radius 3 is 2.71 bits per heavy atom. The van der Waals surface area contributed by atoms with Crippen LogP contribution >= 0.6 is 0 Å². The van der Waals surface area contributed by atoms with E-state index in [1.165, 1.54) is 0 Å². The number of nitrogens with one attached hydrogen (secondary N) is 2. The number of aromatic amines is 1. The molecule has 160 valence electrons. The van der Waals surface area contributed by atoms with Crippen LogP contribution in [0.4, 0.5) is 0 Å². The highest BCUT2D eigenvalue weighted by Gasteiger charge is 2.23. The number of hydrogen-bond donors (Lipinski definition) is 2. The number of fused-ring (bicyclic) bond motifs is 1. The minimum Gasteiger partial charge on any atom is -0.344 e. The average Bonchev–Trinajstić information content (AvgIpc) is 3.33. The first-order valence-corrected chi connectivity index (χ1v) is 10.4. The number of nitrogens with zero attached hydrogens (tertiary/aromatic N) is 3. The van der Waals surface area contributed by atoms with Crippen LogP contribution in [0.25, 0.3) is 23.4 Å². The van der Waals surface area contributed by atoms with Crippen molar-refractivity contribution in [1.82, 2.24) is 25.7 Å². The van der Waals surface area contributed by atoms with Crippen molar-refractivity contribution in [3.05, 3.63) is 64.5 Å². The molecule has 1 aliphatic carbocycles. The Kier molecular flexibility index (Phi) is 5.35. The van der Waals surface area contributed by atoms with Crippen LogP contribution in [0.2, 0.25) is 0 Å². The fourth-order valence-corrected chi connectivity index (χ4v) is 3.35. The molecule has 3 aromatic rings. The fraction of sp³-hybridized carbons (Fsp3) is 0.333. The van der Waals surface area contributed by atoms with Gasteiger partial charge in [0.15, 0.2) is 5.82 Å². The summed E-state index contributed by atoms with van der Waals surface area (Å²) in [6.45, 7) is 10.5. The van der Waals surface area contributed by atoms with Crippen LogP contribution in [0.15, 0.2) is 34.9 Å². The van der Waals surface area contributed by atoms with E-state index in [0.717, 1.165) is 33.6 Å². The van der Waals surface area contributed by atoms with E-state index in [1.807, 2.05) is 39.8 Å². The Labute approximate surface area is 181 Å². The summed E-state index contributed by atoms with van der Waals surface area (Å²) in [5.41, 5.74) is 5.86. The third-order valence-corrected chi connectivity index (χ3v) is 5.31. The van der Waals surface area contributed by atoms with Crippen molar-refractivity contribution >= 4 is 18.1 Å². The molecule has 0 aliphatic heterocycles. The number of carbonyl (C=O) groups is 1. The topological polar surface area (TPSA) is 96.7 Å². The highest BCUT2D eigenvalue weighted by molar-refractivity contribution is 5.89. The van der Waals surface area contributed by atoms with Gasteiger partial charge in [-0.2, -0.15) is 10.1 Å². The van der Waals surface area contributed by atoms with Crippen LogP contribution in [0.5, 0.6) is 0 Å². The van der Waals surface area contributed by atoms with Crippen LogP contribution in [0.3, 0.4) is 0 Å². The lowest BCUT2D eigenvalue weighted by atomic mass is 9.96. The average molecular weight is 418 g/mol. The first kappa shape index (κ1) is 20.8. The highest BCUT2D eigenvalue weighted by Crippen LogP contribution is 2.29. The van der Waals surface area contributed by atoms with Crippen molar-refractivity contribution in [1.29, 1.82) is 0 Å². The number of carbonyl (C=O) groups excluding carboxylic acids is 1. The van der Waals surface area contributed by atoms with Gasteiger partial charge in [0.1, 0.15) is 0 Å². The van der Waals surface area contributed by atoms with Crippen molar-refractivity contribution in [3.63, 3.8) is 0 Å². The molecule has 7 heteroatoms. The molecule has 0 bridgehead atoms. The molecule has 1 aromatic carbocycles. The number of rotatable bonds is 4. The third kappa shape index (κ3) is 4.35. The molecule has 2 N–H and O–H groups in total. The van der Waals surface area contributed by atoms with Gasteiger partial charge in [-0.05, 0) is 36.1 Å². The van der Waals surface area contributed by atoms with E-state index in [4.69, 9.17) is 4.52 Å². The predicted molar refractivity (Wildman–Crippen MR) is 120 cm³/mol. The summed E-state index contributed by atoms with van der Waals surface area (Å²) in [7, 11) is 0. The quantitative estimate of drug-likeness (QED) is 0.643. The standard InChI is InChI=1S/C24H27N5O2/c1-14-6-10-18-19(11-7-14)27-28-20(18)16-8-9-17(15(2)12-16)13-25-21(30)22-26-23(29-31-22)24(3,4)5/h6-12,14H,13H2,1-5H3,(H,25,30)(H,27,28). The van der Waals surface area contributed by atoms with Crippen molar-refractivity contribution in [2.45, 2.75) is 46.6 Å². The molecule has 7 nitrogen and oxygen atoms in total. The van der Waals surface area contributed by atoms with E-state index >= 15 is 0 Å². The number of H-pyrrole nitrogens is 1. The molecule has 1 unspecified atom stereocenters. The number of benzene rings is 1. The van der Waals surface area contributed by atoms with Crippen LogP contribution in [0, 0.1) is 12.8 Å². The molecule has 2 heterocycles. The summed E-state index contributed by atoms with van der Waals surface area (Å²) < 4.78 is 5.11. The minimum absolute atomic E-state index is 0.0208. The van der Waals surface area contributed by atoms with E-state index in [0.29, 0.717) is 18.3 Å². The van der Waals surface area contributed by atoms with Gasteiger partial charge in [0.2, 0.25) is 0 Å². The normalized spacial score (nSPS) is 15.6. The maximum Gasteiger partial charge on any atom is 0.315 e. The Balaban J connectivity index is 1.49. The van der Waals surface area contributed by atoms with Crippen LogP contribution in [0.1, 0.15) is 66.6 Å². The minimum atomic E-state index is -0.379. The zero-order valence-corrected chi connectivity index (χ0v) is 18.5. The molecule has 4 rings (SSSR count). The number of allylic oxidation sites excluding steroid dienone is 2. The lowest BCUT2D eigenvalue weighted by Crippen LogP contribution is -2.24. The predicted octanol–water partition coefficient (Wildman–Crippen LogP) is 4.67. The summed E-state index contributed by atoms with van der Waals surface area (Å²) in [6.07, 6.45) is 8.52. The Hall–Kier alpha value is -3.48. The van der Waals surface area contributed by atoms with Crippen molar-refractivity contribution in [2.75, 3.05) is 0 Å². The zero-order chi connectivity index (χ0) is 22.2. The molecule has 1 atom stereocenters. The summed E-state index contributed by atoms with van der Waals surface area (Å²) >= 11 is 0. The summed E-state index contributed by atoms with van der Waals surface area (Å²) in [5.74, 6) is 0.497. The lowest BCUT2D eigenvalue weighted by molar-refractivity contribution is 0.0907. The maximum absolute atomic E-state index is 12.4. The van der Waals surface area contributed by atoms with Gasteiger partial charge in [-0.1, -0.05) is 63.2 Å². The molecular weight excluding hydrogens is 390 g/mol. The highest BCUT2D eigenvalue weighted by atomic mass is 16.5. The van der Waals surface area contributed by atoms with Gasteiger partial charge in [0, 0.05) is 23.1 Å². The van der Waals surface area contributed by atoms with Crippen LogP contribution in [-0.2, 0) is 12.0 Å². The van der Waals surface area contributed by atoms with Gasteiger partial charge in [-0.3, -0.25) is 9.89 Å². The largest absolute Gasteiger partial charge is 0.344 e. The summed E-state index contributed by atoms with van der Waals surface area (Å²) in [4.78, 5) is 16.6. The summed E-state index contributed by atoms with van der Waals surface area (Å²) in [6, 6.07) is 6.13. The Bertz CT molecular complexity index is 1180. The third-order valence-electron chi connectivity index (χ3n) is 5.31. The first-order valence-electron chi connectivity index (χ1n) is 10.4. The van der Waals surface area contributed by atoms with Crippen LogP contribution < -0.4 is 5.32 Å². The second kappa shape index (κ2) is 7.98. The molecule has 0 radical (unpaired) electrons. The SMILES string of the molecule is Cc1cc(-c2n[nH]c3c2C=CC(C)C=C3)ccc1CNC(=O)c1nc(C(C)(C)C)no1. The van der Waals surface area contributed by atoms with Gasteiger partial charge in [-0.15, -0.1) is 0 Å². The Morgan fingerprint density at radius 1 is 1.23 bits per heavy atom. The molecule has 0 spiro atoms. The van der Waals surface area contributed by atoms with Crippen molar-refractivity contribution < 1.29 is 9.32 Å². The second-order valence-electron chi connectivity index (χ2n) is 8.97. The number of aryl methyl sites for hydroxylation is 1. The number of hydrogen-bond acceptors (Lipinski definition) is 5. The molecular formula is C24H27N5O2. The fourth-order valence-electron chi connectivity index (χ4n) is 3.35. The molecule has 1 amide bonds. The maximum atomic E-state index is 12.4. The first-order chi connectivity index (χ1) is 14.7. The van der Waals surface area contributed by atoms with Crippen molar-refractivity contribution in [2.24, 2.45) is 5.92 Å². The smallest absolute Gasteiger partial charge is 0.315 e. The second-order valence-corrected chi connectivity index (χ2v) is 8.97. The monoisotopic (exact) mass is 417 g/mol. The van der Waals surface area contributed by atoms with Crippen molar-refractivity contribution in [3.8, 4) is 11.3 Å². The molecule has 31 heavy (non-hydrogen) atoms. The van der Waals surface area contributed by atoms with E-state index in [9.17, 15) is 4.79 Å². The zero-order valence-electron chi connectivity index (χ0n) is 18.5. The lowest BCUT2D eigenvalue weighted by Gasteiger charge is -2.11. The number of aromatic nitrogens is 4. The molecule has 0 saturated heterocycles. The van der Waals surface area contributed by atoms with E-state index in [1.54, 1.807) is 0 Å². The molecule has 0 fully saturated rings. The molecule has 1 aliphatic rings. The van der Waals surface area contributed by atoms with Gasteiger partial charge >= 0.3 is 11.8 Å². The van der Waals surface area contributed by atoms with E-state index in [-0.39, 0.29) is 17.2 Å². The van der Waals surface area contributed by atoms with Crippen LogP contribution in [-0.4, -0.2) is 26.2 Å². The van der Waals surface area contributed by atoms with Gasteiger partial charge in [0.25, 0.3) is 0 Å². The van der Waals surface area contributed by atoms with Gasteiger partial charge < -0.3 is 9.84 Å². The number of amides is 1.